The second-order valence-corrected chi connectivity index (χ2v) is 7.95. The fourth-order valence-electron chi connectivity index (χ4n) is 4.24. The van der Waals surface area contributed by atoms with Gasteiger partial charge in [0.05, 0.1) is 13.2 Å². The Labute approximate surface area is 174 Å². The molecule has 2 aliphatic rings. The van der Waals surface area contributed by atoms with Gasteiger partial charge in [-0.15, -0.1) is 0 Å². The zero-order valence-corrected chi connectivity index (χ0v) is 17.4. The van der Waals surface area contributed by atoms with Crippen molar-refractivity contribution in [2.75, 3.05) is 46.4 Å². The van der Waals surface area contributed by atoms with E-state index in [1.54, 1.807) is 0 Å². The van der Waals surface area contributed by atoms with Crippen LogP contribution in [0, 0.1) is 0 Å². The Hall–Kier alpha value is -2.37. The molecule has 2 aromatic carbocycles. The lowest BCUT2D eigenvalue weighted by atomic mass is 9.99. The summed E-state index contributed by atoms with van der Waals surface area (Å²) in [6, 6.07) is 19.8. The zero-order valence-electron chi connectivity index (χ0n) is 17.4. The van der Waals surface area contributed by atoms with Crippen molar-refractivity contribution in [1.29, 1.82) is 0 Å². The molecule has 0 saturated carbocycles. The third kappa shape index (κ3) is 5.37. The van der Waals surface area contributed by atoms with Crippen LogP contribution in [0.2, 0.25) is 0 Å². The van der Waals surface area contributed by atoms with E-state index in [-0.39, 0.29) is 0 Å². The minimum Gasteiger partial charge on any atom is -0.379 e. The summed E-state index contributed by atoms with van der Waals surface area (Å²) in [7, 11) is 1.88. The molecule has 29 heavy (non-hydrogen) atoms. The van der Waals surface area contributed by atoms with Crippen LogP contribution >= 0.6 is 0 Å². The molecule has 5 nitrogen and oxygen atoms in total. The van der Waals surface area contributed by atoms with Gasteiger partial charge in [-0.2, -0.15) is 0 Å². The molecule has 0 aliphatic carbocycles. The molecule has 0 aromatic heterocycles. The number of aliphatic imine (C=N–C) groups is 1. The second kappa shape index (κ2) is 9.90. The predicted molar refractivity (Wildman–Crippen MR) is 118 cm³/mol. The molecule has 154 valence electrons. The number of nitrogens with one attached hydrogen (secondary N) is 1. The standard InChI is InChI=1S/C24H32N4O/c1-25-24(28-12-11-23(19-28)22-5-3-2-4-6-22)26-17-20-7-9-21(10-8-20)18-27-13-15-29-16-14-27/h2-10,23H,11-19H2,1H3,(H,25,26). The molecule has 1 unspecified atom stereocenters. The summed E-state index contributed by atoms with van der Waals surface area (Å²) in [6.45, 7) is 7.65. The summed E-state index contributed by atoms with van der Waals surface area (Å²) in [4.78, 5) is 9.35. The van der Waals surface area contributed by atoms with E-state index in [1.807, 2.05) is 7.05 Å². The number of ether oxygens (including phenoxy) is 1. The molecule has 0 amide bonds. The highest BCUT2D eigenvalue weighted by atomic mass is 16.5. The average molecular weight is 393 g/mol. The van der Waals surface area contributed by atoms with Crippen LogP contribution < -0.4 is 5.32 Å². The maximum Gasteiger partial charge on any atom is 0.193 e. The van der Waals surface area contributed by atoms with E-state index in [0.717, 1.165) is 58.4 Å². The fraction of sp³-hybridized carbons (Fsp3) is 0.458. The minimum absolute atomic E-state index is 0.592. The first-order valence-corrected chi connectivity index (χ1v) is 10.7. The van der Waals surface area contributed by atoms with Crippen molar-refractivity contribution in [1.82, 2.24) is 15.1 Å². The Kier molecular flexibility index (Phi) is 6.80. The van der Waals surface area contributed by atoms with Crippen molar-refractivity contribution in [3.63, 3.8) is 0 Å². The Morgan fingerprint density at radius 1 is 1.00 bits per heavy atom. The van der Waals surface area contributed by atoms with E-state index in [2.05, 4.69) is 74.7 Å². The number of hydrogen-bond donors (Lipinski definition) is 1. The molecule has 1 atom stereocenters. The highest BCUT2D eigenvalue weighted by Crippen LogP contribution is 2.26. The number of benzene rings is 2. The first-order valence-electron chi connectivity index (χ1n) is 10.7. The highest BCUT2D eigenvalue weighted by Gasteiger charge is 2.25. The average Bonchev–Trinajstić information content (AvgIpc) is 3.27. The molecule has 1 N–H and O–H groups in total. The monoisotopic (exact) mass is 392 g/mol. The molecule has 2 fully saturated rings. The summed E-state index contributed by atoms with van der Waals surface area (Å²) in [6.07, 6.45) is 1.18. The van der Waals surface area contributed by atoms with Gasteiger partial charge in [-0.1, -0.05) is 54.6 Å². The maximum atomic E-state index is 5.43. The van der Waals surface area contributed by atoms with E-state index in [1.165, 1.54) is 23.1 Å². The van der Waals surface area contributed by atoms with Crippen LogP contribution in [0.3, 0.4) is 0 Å². The van der Waals surface area contributed by atoms with Gasteiger partial charge < -0.3 is 15.0 Å². The molecule has 0 spiro atoms. The molecule has 5 heteroatoms. The van der Waals surface area contributed by atoms with Crippen LogP contribution in [0.5, 0.6) is 0 Å². The van der Waals surface area contributed by atoms with Crippen LogP contribution in [0.4, 0.5) is 0 Å². The van der Waals surface area contributed by atoms with Gasteiger partial charge in [0, 0.05) is 52.2 Å². The molecule has 2 aromatic rings. The van der Waals surface area contributed by atoms with Crippen molar-refractivity contribution in [3.05, 3.63) is 71.3 Å². The Bertz CT molecular complexity index is 784. The summed E-state index contributed by atoms with van der Waals surface area (Å²) < 4.78 is 5.43. The number of hydrogen-bond acceptors (Lipinski definition) is 3. The van der Waals surface area contributed by atoms with Crippen LogP contribution in [0.25, 0.3) is 0 Å². The van der Waals surface area contributed by atoms with Gasteiger partial charge in [0.15, 0.2) is 5.96 Å². The van der Waals surface area contributed by atoms with Gasteiger partial charge in [-0.05, 0) is 23.1 Å². The first-order chi connectivity index (χ1) is 14.3. The Morgan fingerprint density at radius 3 is 2.45 bits per heavy atom. The van der Waals surface area contributed by atoms with E-state index >= 15 is 0 Å². The van der Waals surface area contributed by atoms with Crippen molar-refractivity contribution in [2.45, 2.75) is 25.4 Å². The molecule has 0 radical (unpaired) electrons. The highest BCUT2D eigenvalue weighted by molar-refractivity contribution is 5.80. The van der Waals surface area contributed by atoms with Crippen LogP contribution in [0.15, 0.2) is 59.6 Å². The fourth-order valence-corrected chi connectivity index (χ4v) is 4.24. The molecular weight excluding hydrogens is 360 g/mol. The van der Waals surface area contributed by atoms with E-state index in [4.69, 9.17) is 4.74 Å². The van der Waals surface area contributed by atoms with E-state index < -0.39 is 0 Å². The van der Waals surface area contributed by atoms with Gasteiger partial charge in [0.25, 0.3) is 0 Å². The SMILES string of the molecule is CN=C(NCc1ccc(CN2CCOCC2)cc1)N1CCC(c2ccccc2)C1. The number of rotatable bonds is 5. The number of likely N-dealkylation sites (tertiary alicyclic amines) is 1. The van der Waals surface area contributed by atoms with E-state index in [9.17, 15) is 0 Å². The lowest BCUT2D eigenvalue weighted by molar-refractivity contribution is 0.0342. The molecule has 0 bridgehead atoms. The second-order valence-electron chi connectivity index (χ2n) is 7.95. The third-order valence-corrected chi connectivity index (χ3v) is 5.95. The first kappa shape index (κ1) is 19.9. The number of guanidine groups is 1. The molecule has 4 rings (SSSR count). The predicted octanol–water partition coefficient (Wildman–Crippen LogP) is 3.08. The lowest BCUT2D eigenvalue weighted by Crippen LogP contribution is -2.39. The zero-order chi connectivity index (χ0) is 19.9. The summed E-state index contributed by atoms with van der Waals surface area (Å²) in [5.41, 5.74) is 4.09. The quantitative estimate of drug-likeness (QED) is 0.627. The van der Waals surface area contributed by atoms with Gasteiger partial charge in [-0.25, -0.2) is 0 Å². The topological polar surface area (TPSA) is 40.1 Å². The lowest BCUT2D eigenvalue weighted by Gasteiger charge is -2.26. The molecular formula is C24H32N4O. The minimum atomic E-state index is 0.592. The van der Waals surface area contributed by atoms with Crippen molar-refractivity contribution < 1.29 is 4.74 Å². The Balaban J connectivity index is 1.27. The molecule has 2 aliphatic heterocycles. The van der Waals surface area contributed by atoms with Crippen LogP contribution in [0.1, 0.15) is 29.0 Å². The Morgan fingerprint density at radius 2 is 1.72 bits per heavy atom. The summed E-state index contributed by atoms with van der Waals surface area (Å²) in [5, 5.41) is 3.55. The number of morpholine rings is 1. The smallest absolute Gasteiger partial charge is 0.193 e. The molecule has 2 heterocycles. The third-order valence-electron chi connectivity index (χ3n) is 5.95. The van der Waals surface area contributed by atoms with E-state index in [0.29, 0.717) is 5.92 Å². The van der Waals surface area contributed by atoms with Gasteiger partial charge in [-0.3, -0.25) is 9.89 Å². The van der Waals surface area contributed by atoms with Gasteiger partial charge >= 0.3 is 0 Å². The van der Waals surface area contributed by atoms with Crippen molar-refractivity contribution >= 4 is 5.96 Å². The maximum absolute atomic E-state index is 5.43. The van der Waals surface area contributed by atoms with Crippen LogP contribution in [-0.2, 0) is 17.8 Å². The van der Waals surface area contributed by atoms with Crippen molar-refractivity contribution in [3.8, 4) is 0 Å². The summed E-state index contributed by atoms with van der Waals surface area (Å²) >= 11 is 0. The summed E-state index contributed by atoms with van der Waals surface area (Å²) in [5.74, 6) is 1.59. The van der Waals surface area contributed by atoms with Gasteiger partial charge in [0.2, 0.25) is 0 Å². The largest absolute Gasteiger partial charge is 0.379 e. The number of nitrogens with zero attached hydrogens (tertiary/aromatic N) is 3. The van der Waals surface area contributed by atoms with Crippen LogP contribution in [-0.4, -0.2) is 62.2 Å². The normalized spacial score (nSPS) is 20.8. The van der Waals surface area contributed by atoms with Gasteiger partial charge in [0.1, 0.15) is 0 Å². The molecule has 2 saturated heterocycles. The van der Waals surface area contributed by atoms with Crippen molar-refractivity contribution in [2.24, 2.45) is 4.99 Å².